The molecule has 24 heavy (non-hydrogen) atoms. The van der Waals surface area contributed by atoms with E-state index in [-0.39, 0.29) is 6.61 Å². The first-order valence-corrected chi connectivity index (χ1v) is 8.13. The van der Waals surface area contributed by atoms with E-state index in [9.17, 15) is 14.4 Å². The van der Waals surface area contributed by atoms with Gasteiger partial charge in [0.2, 0.25) is 0 Å². The monoisotopic (exact) mass is 367 g/mol. The van der Waals surface area contributed by atoms with Crippen molar-refractivity contribution in [2.45, 2.75) is 6.92 Å². The quantitative estimate of drug-likeness (QED) is 0.793. The van der Waals surface area contributed by atoms with Gasteiger partial charge in [0.25, 0.3) is 11.8 Å². The van der Waals surface area contributed by atoms with Crippen molar-refractivity contribution >= 4 is 40.7 Å². The van der Waals surface area contributed by atoms with Crippen LogP contribution < -0.4 is 10.1 Å². The van der Waals surface area contributed by atoms with Crippen LogP contribution in [-0.2, 0) is 14.3 Å². The summed E-state index contributed by atoms with van der Waals surface area (Å²) in [5, 5.41) is 4.41. The van der Waals surface area contributed by atoms with E-state index in [0.29, 0.717) is 15.6 Å². The maximum atomic E-state index is 11.6. The third-order valence-corrected chi connectivity index (χ3v) is 3.95. The number of rotatable bonds is 6. The van der Waals surface area contributed by atoms with Crippen molar-refractivity contribution in [1.82, 2.24) is 5.32 Å². The van der Waals surface area contributed by atoms with Crippen LogP contribution in [-0.4, -0.2) is 31.0 Å². The van der Waals surface area contributed by atoms with E-state index in [1.165, 1.54) is 11.3 Å². The number of carbonyl (C=O) groups is 3. The van der Waals surface area contributed by atoms with Crippen LogP contribution in [0.1, 0.15) is 15.2 Å². The second-order valence-electron chi connectivity index (χ2n) is 4.71. The summed E-state index contributed by atoms with van der Waals surface area (Å²) in [4.78, 5) is 35.2. The summed E-state index contributed by atoms with van der Waals surface area (Å²) in [7, 11) is 0. The van der Waals surface area contributed by atoms with Gasteiger partial charge in [-0.15, -0.1) is 11.3 Å². The number of hydrogen-bond donors (Lipinski definition) is 1. The van der Waals surface area contributed by atoms with E-state index in [1.807, 2.05) is 0 Å². The standard InChI is InChI=1S/C16H14ClNO5S/c1-10-7-11(17)4-5-12(10)22-9-15(20)23-8-14(19)18-16(21)13-3-2-6-24-13/h2-7H,8-9H2,1H3,(H,18,19,21). The van der Waals surface area contributed by atoms with E-state index < -0.39 is 24.4 Å². The van der Waals surface area contributed by atoms with Gasteiger partial charge in [-0.05, 0) is 42.1 Å². The molecule has 126 valence electrons. The summed E-state index contributed by atoms with van der Waals surface area (Å²) in [5.41, 5.74) is 0.773. The highest BCUT2D eigenvalue weighted by molar-refractivity contribution is 7.12. The molecule has 0 radical (unpaired) electrons. The van der Waals surface area contributed by atoms with Gasteiger partial charge < -0.3 is 9.47 Å². The van der Waals surface area contributed by atoms with Crippen molar-refractivity contribution < 1.29 is 23.9 Å². The minimum Gasteiger partial charge on any atom is -0.482 e. The van der Waals surface area contributed by atoms with Crippen LogP contribution in [0.2, 0.25) is 5.02 Å². The number of aryl methyl sites for hydroxylation is 1. The lowest BCUT2D eigenvalue weighted by molar-refractivity contribution is -0.150. The van der Waals surface area contributed by atoms with Crippen LogP contribution in [0.3, 0.4) is 0 Å². The first kappa shape index (κ1) is 18.0. The molecule has 0 saturated carbocycles. The third kappa shape index (κ3) is 5.36. The Kier molecular flexibility index (Phi) is 6.34. The molecule has 0 spiro atoms. The molecule has 0 saturated heterocycles. The molecule has 1 N–H and O–H groups in total. The van der Waals surface area contributed by atoms with Crippen LogP contribution >= 0.6 is 22.9 Å². The molecule has 0 fully saturated rings. The molecular formula is C16H14ClNO5S. The Balaban J connectivity index is 1.72. The minimum absolute atomic E-state index is 0.353. The zero-order valence-corrected chi connectivity index (χ0v) is 14.3. The Bertz CT molecular complexity index is 745. The smallest absolute Gasteiger partial charge is 0.344 e. The number of amides is 2. The van der Waals surface area contributed by atoms with Gasteiger partial charge >= 0.3 is 5.97 Å². The summed E-state index contributed by atoms with van der Waals surface area (Å²) in [6.45, 7) is 0.879. The molecule has 2 aromatic rings. The molecule has 8 heteroatoms. The number of hydrogen-bond acceptors (Lipinski definition) is 6. The Morgan fingerprint density at radius 3 is 2.67 bits per heavy atom. The molecule has 0 aliphatic carbocycles. The zero-order valence-electron chi connectivity index (χ0n) is 12.7. The molecule has 6 nitrogen and oxygen atoms in total. The Morgan fingerprint density at radius 2 is 2.00 bits per heavy atom. The van der Waals surface area contributed by atoms with E-state index in [0.717, 1.165) is 5.56 Å². The van der Waals surface area contributed by atoms with Crippen molar-refractivity contribution in [1.29, 1.82) is 0 Å². The average molecular weight is 368 g/mol. The number of nitrogens with one attached hydrogen (secondary N) is 1. The van der Waals surface area contributed by atoms with Crippen LogP contribution in [0.5, 0.6) is 5.75 Å². The van der Waals surface area contributed by atoms with E-state index >= 15 is 0 Å². The van der Waals surface area contributed by atoms with Gasteiger partial charge in [0.15, 0.2) is 13.2 Å². The van der Waals surface area contributed by atoms with Gasteiger partial charge in [-0.2, -0.15) is 0 Å². The molecule has 1 heterocycles. The summed E-state index contributed by atoms with van der Waals surface area (Å²) in [6.07, 6.45) is 0. The fourth-order valence-corrected chi connectivity index (χ4v) is 2.58. The molecule has 2 amide bonds. The second kappa shape index (κ2) is 8.47. The van der Waals surface area contributed by atoms with Gasteiger partial charge in [-0.1, -0.05) is 17.7 Å². The second-order valence-corrected chi connectivity index (χ2v) is 6.10. The van der Waals surface area contributed by atoms with Gasteiger partial charge in [0.1, 0.15) is 5.75 Å². The van der Waals surface area contributed by atoms with Gasteiger partial charge in [-0.25, -0.2) is 4.79 Å². The van der Waals surface area contributed by atoms with Crippen LogP contribution in [0.4, 0.5) is 0 Å². The summed E-state index contributed by atoms with van der Waals surface area (Å²) in [6, 6.07) is 8.25. The maximum Gasteiger partial charge on any atom is 0.344 e. The van der Waals surface area contributed by atoms with Gasteiger partial charge in [0, 0.05) is 5.02 Å². The highest BCUT2D eigenvalue weighted by Gasteiger charge is 2.13. The predicted molar refractivity (Wildman–Crippen MR) is 89.4 cm³/mol. The van der Waals surface area contributed by atoms with Crippen molar-refractivity contribution in [3.8, 4) is 5.75 Å². The first-order chi connectivity index (χ1) is 11.5. The van der Waals surface area contributed by atoms with Crippen LogP contribution in [0.25, 0.3) is 0 Å². The fraction of sp³-hybridized carbons (Fsp3) is 0.188. The average Bonchev–Trinajstić information content (AvgIpc) is 3.06. The molecular weight excluding hydrogens is 354 g/mol. The molecule has 0 aliphatic rings. The SMILES string of the molecule is Cc1cc(Cl)ccc1OCC(=O)OCC(=O)NC(=O)c1cccs1. The van der Waals surface area contributed by atoms with E-state index in [1.54, 1.807) is 42.6 Å². The van der Waals surface area contributed by atoms with Gasteiger partial charge in [-0.3, -0.25) is 14.9 Å². The highest BCUT2D eigenvalue weighted by atomic mass is 35.5. The lowest BCUT2D eigenvalue weighted by Gasteiger charge is -2.09. The number of halogens is 1. The predicted octanol–water partition coefficient (Wildman–Crippen LogP) is 2.59. The summed E-state index contributed by atoms with van der Waals surface area (Å²) < 4.78 is 10.1. The Hall–Kier alpha value is -2.38. The molecule has 2 rings (SSSR count). The Labute approximate surface area is 147 Å². The number of ether oxygens (including phenoxy) is 2. The zero-order chi connectivity index (χ0) is 17.5. The molecule has 0 aliphatic heterocycles. The topological polar surface area (TPSA) is 81.7 Å². The number of benzene rings is 1. The lowest BCUT2D eigenvalue weighted by Crippen LogP contribution is -2.34. The Morgan fingerprint density at radius 1 is 1.21 bits per heavy atom. The molecule has 0 atom stereocenters. The summed E-state index contributed by atoms with van der Waals surface area (Å²) in [5.74, 6) is -1.46. The van der Waals surface area contributed by atoms with E-state index in [2.05, 4.69) is 5.32 Å². The molecule has 0 unspecified atom stereocenters. The maximum absolute atomic E-state index is 11.6. The van der Waals surface area contributed by atoms with E-state index in [4.69, 9.17) is 21.1 Å². The largest absolute Gasteiger partial charge is 0.482 e. The molecule has 0 bridgehead atoms. The fourth-order valence-electron chi connectivity index (χ4n) is 1.73. The number of esters is 1. The lowest BCUT2D eigenvalue weighted by atomic mass is 10.2. The number of thiophene rings is 1. The van der Waals surface area contributed by atoms with Crippen molar-refractivity contribution in [2.75, 3.05) is 13.2 Å². The van der Waals surface area contributed by atoms with Crippen LogP contribution in [0, 0.1) is 6.92 Å². The molecule has 1 aromatic heterocycles. The minimum atomic E-state index is -0.719. The number of imide groups is 1. The summed E-state index contributed by atoms with van der Waals surface area (Å²) >= 11 is 7.03. The normalized spacial score (nSPS) is 10.1. The number of carbonyl (C=O) groups excluding carboxylic acids is 3. The van der Waals surface area contributed by atoms with Crippen molar-refractivity contribution in [2.24, 2.45) is 0 Å². The van der Waals surface area contributed by atoms with Gasteiger partial charge in [0.05, 0.1) is 4.88 Å². The van der Waals surface area contributed by atoms with Crippen LogP contribution in [0.15, 0.2) is 35.7 Å². The molecule has 1 aromatic carbocycles. The highest BCUT2D eigenvalue weighted by Crippen LogP contribution is 2.21. The first-order valence-electron chi connectivity index (χ1n) is 6.88. The third-order valence-electron chi connectivity index (χ3n) is 2.84. The van der Waals surface area contributed by atoms with Crippen molar-refractivity contribution in [3.05, 3.63) is 51.2 Å². The van der Waals surface area contributed by atoms with Crippen molar-refractivity contribution in [3.63, 3.8) is 0 Å².